The van der Waals surface area contributed by atoms with Crippen molar-refractivity contribution >= 4 is 23.2 Å². The molecule has 0 bridgehead atoms. The molecule has 0 unspecified atom stereocenters. The summed E-state index contributed by atoms with van der Waals surface area (Å²) in [4.78, 5) is 21.1. The van der Waals surface area contributed by atoms with Crippen molar-refractivity contribution in [1.29, 1.82) is 5.26 Å². The fourth-order valence-electron chi connectivity index (χ4n) is 4.19. The number of ether oxygens (including phenoxy) is 1. The lowest BCUT2D eigenvalue weighted by Gasteiger charge is -2.21. The van der Waals surface area contributed by atoms with Gasteiger partial charge in [0.25, 0.3) is 5.91 Å². The van der Waals surface area contributed by atoms with E-state index in [4.69, 9.17) is 4.74 Å². The third-order valence-corrected chi connectivity index (χ3v) is 6.47. The molecular weight excluding hydrogens is 463 g/mol. The van der Waals surface area contributed by atoms with Gasteiger partial charge < -0.3 is 25.8 Å². The first-order chi connectivity index (χ1) is 17.3. The topological polar surface area (TPSA) is 132 Å². The van der Waals surface area contributed by atoms with Crippen molar-refractivity contribution in [2.24, 2.45) is 0 Å². The number of amides is 1. The Balaban J connectivity index is 1.49. The highest BCUT2D eigenvalue weighted by Crippen LogP contribution is 2.41. The zero-order chi connectivity index (χ0) is 25.4. The number of anilines is 3. The number of carbonyl (C=O) groups excluding carboxylic acids is 1. The SMILES string of the molecule is CNC(=O)c1cc(Nc2nccc(-c3cc(C#N)c4c(c3)[C@@](C)(CO)CN4)n2)c(F)cc1OC1CC1. The summed E-state index contributed by atoms with van der Waals surface area (Å²) >= 11 is 0. The number of aliphatic hydroxyl groups excluding tert-OH is 1. The molecule has 10 heteroatoms. The number of nitriles is 1. The normalized spacial score (nSPS) is 18.1. The summed E-state index contributed by atoms with van der Waals surface area (Å²) in [5.74, 6) is -0.697. The van der Waals surface area contributed by atoms with Crippen LogP contribution in [0, 0.1) is 17.1 Å². The number of carbonyl (C=O) groups is 1. The number of hydrogen-bond acceptors (Lipinski definition) is 8. The van der Waals surface area contributed by atoms with Crippen LogP contribution in [-0.2, 0) is 5.41 Å². The van der Waals surface area contributed by atoms with Crippen LogP contribution in [0.1, 0.15) is 41.3 Å². The molecule has 1 atom stereocenters. The summed E-state index contributed by atoms with van der Waals surface area (Å²) in [6.07, 6.45) is 3.27. The molecule has 5 rings (SSSR count). The predicted molar refractivity (Wildman–Crippen MR) is 132 cm³/mol. The average Bonchev–Trinajstić information content (AvgIpc) is 3.65. The number of halogens is 1. The molecule has 2 aliphatic rings. The second-order valence-electron chi connectivity index (χ2n) is 9.25. The van der Waals surface area contributed by atoms with Gasteiger partial charge in [-0.15, -0.1) is 0 Å². The number of fused-ring (bicyclic) bond motifs is 1. The minimum absolute atomic E-state index is 0.000132. The summed E-state index contributed by atoms with van der Waals surface area (Å²) in [7, 11) is 1.50. The Morgan fingerprint density at radius 2 is 2.17 bits per heavy atom. The maximum Gasteiger partial charge on any atom is 0.254 e. The zero-order valence-electron chi connectivity index (χ0n) is 19.9. The maximum atomic E-state index is 15.0. The van der Waals surface area contributed by atoms with E-state index in [1.807, 2.05) is 13.0 Å². The minimum atomic E-state index is -0.610. The number of aliphatic hydroxyl groups is 1. The predicted octanol–water partition coefficient (Wildman–Crippen LogP) is 3.47. The number of hydrogen-bond donors (Lipinski definition) is 4. The van der Waals surface area contributed by atoms with Crippen LogP contribution in [-0.4, -0.2) is 47.3 Å². The Labute approximate surface area is 207 Å². The van der Waals surface area contributed by atoms with Gasteiger partial charge in [0.15, 0.2) is 0 Å². The summed E-state index contributed by atoms with van der Waals surface area (Å²) in [5.41, 5.74) is 2.87. The van der Waals surface area contributed by atoms with Gasteiger partial charge >= 0.3 is 0 Å². The van der Waals surface area contributed by atoms with Crippen LogP contribution in [0.25, 0.3) is 11.3 Å². The van der Waals surface area contributed by atoms with E-state index >= 15 is 0 Å². The van der Waals surface area contributed by atoms with Gasteiger partial charge in [-0.05, 0) is 42.7 Å². The quantitative estimate of drug-likeness (QED) is 0.398. The van der Waals surface area contributed by atoms with E-state index in [0.29, 0.717) is 29.1 Å². The van der Waals surface area contributed by atoms with Crippen LogP contribution in [0.15, 0.2) is 36.5 Å². The molecular formula is C26H25FN6O3. The zero-order valence-corrected chi connectivity index (χ0v) is 19.9. The number of nitrogens with one attached hydrogen (secondary N) is 3. The molecule has 1 aromatic heterocycles. The van der Waals surface area contributed by atoms with Gasteiger partial charge in [-0.2, -0.15) is 5.26 Å². The van der Waals surface area contributed by atoms with Gasteiger partial charge in [-0.25, -0.2) is 14.4 Å². The molecule has 2 heterocycles. The van der Waals surface area contributed by atoms with Crippen molar-refractivity contribution in [3.05, 3.63) is 59.0 Å². The average molecular weight is 489 g/mol. The van der Waals surface area contributed by atoms with Gasteiger partial charge in [-0.1, -0.05) is 6.92 Å². The van der Waals surface area contributed by atoms with E-state index in [0.717, 1.165) is 18.4 Å². The molecule has 3 aromatic rings. The number of benzene rings is 2. The third kappa shape index (κ3) is 4.29. The van der Waals surface area contributed by atoms with E-state index < -0.39 is 17.1 Å². The highest BCUT2D eigenvalue weighted by atomic mass is 19.1. The van der Waals surface area contributed by atoms with Crippen LogP contribution in [0.5, 0.6) is 5.75 Å². The lowest BCUT2D eigenvalue weighted by atomic mass is 9.83. The summed E-state index contributed by atoms with van der Waals surface area (Å²) in [5, 5.41) is 28.3. The van der Waals surface area contributed by atoms with Crippen molar-refractivity contribution in [3.63, 3.8) is 0 Å². The molecule has 1 fully saturated rings. The number of rotatable bonds is 7. The first-order valence-corrected chi connectivity index (χ1v) is 11.6. The monoisotopic (exact) mass is 488 g/mol. The Morgan fingerprint density at radius 3 is 2.86 bits per heavy atom. The van der Waals surface area contributed by atoms with Gasteiger partial charge in [0, 0.05) is 36.8 Å². The summed E-state index contributed by atoms with van der Waals surface area (Å²) < 4.78 is 20.7. The molecule has 184 valence electrons. The Bertz CT molecular complexity index is 1400. The van der Waals surface area contributed by atoms with E-state index in [2.05, 4.69) is 32.0 Å². The standard InChI is InChI=1S/C26H25FN6O3/c1-26(13-34)12-31-23-15(11-28)7-14(8-18(23)26)20-5-6-30-25(32-20)33-21-9-17(24(35)29-2)22(10-19(21)27)36-16-3-4-16/h5-10,16,31,34H,3-4,12-13H2,1-2H3,(H,29,35)(H,30,32,33)/t26-/m1/s1. The van der Waals surface area contributed by atoms with E-state index in [1.54, 1.807) is 12.1 Å². The van der Waals surface area contributed by atoms with Gasteiger partial charge in [-0.3, -0.25) is 4.79 Å². The lowest BCUT2D eigenvalue weighted by molar-refractivity contribution is 0.0958. The van der Waals surface area contributed by atoms with Crippen LogP contribution in [0.2, 0.25) is 0 Å². The van der Waals surface area contributed by atoms with Crippen molar-refractivity contribution in [3.8, 4) is 23.1 Å². The number of aromatic nitrogens is 2. The van der Waals surface area contributed by atoms with Crippen LogP contribution >= 0.6 is 0 Å². The van der Waals surface area contributed by atoms with Gasteiger partial charge in [0.05, 0.1) is 40.9 Å². The first-order valence-electron chi connectivity index (χ1n) is 11.6. The maximum absolute atomic E-state index is 15.0. The molecule has 0 spiro atoms. The smallest absolute Gasteiger partial charge is 0.254 e. The van der Waals surface area contributed by atoms with Crippen molar-refractivity contribution in [2.45, 2.75) is 31.3 Å². The molecule has 1 saturated carbocycles. The highest BCUT2D eigenvalue weighted by Gasteiger charge is 2.36. The number of nitrogens with zero attached hydrogens (tertiary/aromatic N) is 3. The van der Waals surface area contributed by atoms with Crippen molar-refractivity contribution < 1.29 is 19.0 Å². The van der Waals surface area contributed by atoms with E-state index in [-0.39, 0.29) is 35.7 Å². The second-order valence-corrected chi connectivity index (χ2v) is 9.25. The Kier molecular flexibility index (Phi) is 5.94. The minimum Gasteiger partial charge on any atom is -0.489 e. The molecule has 36 heavy (non-hydrogen) atoms. The fraction of sp³-hybridized carbons (Fsp3) is 0.308. The Hall–Kier alpha value is -4.23. The van der Waals surface area contributed by atoms with Gasteiger partial charge in [0.2, 0.25) is 5.95 Å². The molecule has 4 N–H and O–H groups in total. The van der Waals surface area contributed by atoms with Crippen molar-refractivity contribution in [1.82, 2.24) is 15.3 Å². The van der Waals surface area contributed by atoms with Crippen LogP contribution in [0.4, 0.5) is 21.7 Å². The molecule has 0 radical (unpaired) electrons. The molecule has 9 nitrogen and oxygen atoms in total. The molecule has 1 aliphatic carbocycles. The van der Waals surface area contributed by atoms with Crippen molar-refractivity contribution in [2.75, 3.05) is 30.8 Å². The first kappa shape index (κ1) is 23.5. The van der Waals surface area contributed by atoms with Gasteiger partial charge in [0.1, 0.15) is 17.6 Å². The second kappa shape index (κ2) is 9.09. The molecule has 2 aromatic carbocycles. The fourth-order valence-corrected chi connectivity index (χ4v) is 4.19. The lowest BCUT2D eigenvalue weighted by Crippen LogP contribution is -2.28. The van der Waals surface area contributed by atoms with E-state index in [9.17, 15) is 19.6 Å². The molecule has 1 amide bonds. The third-order valence-electron chi connectivity index (χ3n) is 6.47. The van der Waals surface area contributed by atoms with E-state index in [1.165, 1.54) is 25.4 Å². The van der Waals surface area contributed by atoms with Crippen LogP contribution < -0.4 is 20.7 Å². The molecule has 1 aliphatic heterocycles. The summed E-state index contributed by atoms with van der Waals surface area (Å²) in [6, 6.07) is 10.1. The largest absolute Gasteiger partial charge is 0.489 e. The summed E-state index contributed by atoms with van der Waals surface area (Å²) in [6.45, 7) is 2.36. The highest BCUT2D eigenvalue weighted by molar-refractivity contribution is 5.98. The van der Waals surface area contributed by atoms with Crippen LogP contribution in [0.3, 0.4) is 0 Å². The Morgan fingerprint density at radius 1 is 1.36 bits per heavy atom. The molecule has 0 saturated heterocycles.